The van der Waals surface area contributed by atoms with Crippen LogP contribution in [0.5, 0.6) is 0 Å². The molecule has 5 heteroatoms. The van der Waals surface area contributed by atoms with Crippen LogP contribution in [0.1, 0.15) is 23.2 Å². The lowest BCUT2D eigenvalue weighted by molar-refractivity contribution is -0.149. The minimum absolute atomic E-state index is 0.151. The Morgan fingerprint density at radius 2 is 2.12 bits per heavy atom. The molecular weight excluding hydrogens is 316 g/mol. The number of pyridine rings is 1. The zero-order chi connectivity index (χ0) is 17.4. The third kappa shape index (κ3) is 3.02. The quantitative estimate of drug-likeness (QED) is 0.842. The smallest absolute Gasteiger partial charge is 0.227 e. The van der Waals surface area contributed by atoms with E-state index in [1.807, 2.05) is 30.0 Å². The molecule has 2 fully saturated rings. The number of morpholine rings is 1. The number of hydrogen-bond donors (Lipinski definition) is 0. The van der Waals surface area contributed by atoms with Crippen LogP contribution in [-0.2, 0) is 20.7 Å². The molecule has 25 heavy (non-hydrogen) atoms. The molecule has 1 unspecified atom stereocenters. The van der Waals surface area contributed by atoms with Gasteiger partial charge in [-0.1, -0.05) is 18.2 Å². The number of para-hydroxylation sites is 1. The average molecular weight is 340 g/mol. The number of ether oxygens (including phenoxy) is 2. The highest BCUT2D eigenvalue weighted by atomic mass is 16.6. The van der Waals surface area contributed by atoms with Gasteiger partial charge in [-0.15, -0.1) is 0 Å². The van der Waals surface area contributed by atoms with Crippen LogP contribution in [-0.4, -0.2) is 54.3 Å². The fourth-order valence-corrected chi connectivity index (χ4v) is 3.98. The second-order valence-corrected chi connectivity index (χ2v) is 7.14. The van der Waals surface area contributed by atoms with Crippen LogP contribution in [0.3, 0.4) is 0 Å². The Kier molecular flexibility index (Phi) is 4.21. The van der Waals surface area contributed by atoms with Gasteiger partial charge in [0.15, 0.2) is 0 Å². The molecule has 1 aromatic carbocycles. The highest BCUT2D eigenvalue weighted by molar-refractivity contribution is 5.86. The number of benzene rings is 1. The minimum atomic E-state index is -0.292. The Labute approximate surface area is 147 Å². The van der Waals surface area contributed by atoms with Crippen molar-refractivity contribution in [3.05, 3.63) is 41.1 Å². The van der Waals surface area contributed by atoms with Crippen LogP contribution >= 0.6 is 0 Å². The average Bonchev–Trinajstić information content (AvgIpc) is 3.06. The number of fused-ring (bicyclic) bond motifs is 1. The first-order chi connectivity index (χ1) is 12.1. The van der Waals surface area contributed by atoms with Gasteiger partial charge in [0.05, 0.1) is 31.7 Å². The van der Waals surface area contributed by atoms with Gasteiger partial charge < -0.3 is 14.4 Å². The summed E-state index contributed by atoms with van der Waals surface area (Å²) in [6.07, 6.45) is 1.26. The summed E-state index contributed by atoms with van der Waals surface area (Å²) in [6.45, 7) is 7.26. The maximum atomic E-state index is 12.9. The molecule has 1 amide bonds. The molecule has 0 saturated carbocycles. The first-order valence-electron chi connectivity index (χ1n) is 8.92. The van der Waals surface area contributed by atoms with E-state index in [-0.39, 0.29) is 11.5 Å². The SMILES string of the molecule is Cc1nc2ccccc2c(C)c1CC(=O)N1CCOC2(CCOC2)C1. The van der Waals surface area contributed by atoms with Gasteiger partial charge in [-0.3, -0.25) is 9.78 Å². The predicted molar refractivity (Wildman–Crippen MR) is 95.6 cm³/mol. The van der Waals surface area contributed by atoms with E-state index in [1.165, 1.54) is 0 Å². The normalized spacial score (nSPS) is 23.5. The third-order valence-corrected chi connectivity index (χ3v) is 5.48. The number of carbonyl (C=O) groups excluding carboxylic acids is 1. The Bertz CT molecular complexity index is 812. The van der Waals surface area contributed by atoms with Crippen molar-refractivity contribution in [1.29, 1.82) is 0 Å². The summed E-state index contributed by atoms with van der Waals surface area (Å²) in [7, 11) is 0. The molecule has 0 bridgehead atoms. The molecule has 3 heterocycles. The standard InChI is InChI=1S/C20H24N2O3/c1-14-16-5-3-4-6-18(16)21-15(2)17(14)11-19(23)22-8-10-25-20(12-22)7-9-24-13-20/h3-6H,7-13H2,1-2H3. The van der Waals surface area contributed by atoms with Crippen LogP contribution in [0, 0.1) is 13.8 Å². The molecule has 2 aliphatic rings. The largest absolute Gasteiger partial charge is 0.378 e. The summed E-state index contributed by atoms with van der Waals surface area (Å²) < 4.78 is 11.4. The summed E-state index contributed by atoms with van der Waals surface area (Å²) in [5.74, 6) is 0.151. The number of aryl methyl sites for hydroxylation is 2. The van der Waals surface area contributed by atoms with Gasteiger partial charge in [-0.25, -0.2) is 0 Å². The van der Waals surface area contributed by atoms with Crippen molar-refractivity contribution in [3.63, 3.8) is 0 Å². The fraction of sp³-hybridized carbons (Fsp3) is 0.500. The van der Waals surface area contributed by atoms with Gasteiger partial charge in [0, 0.05) is 30.7 Å². The zero-order valence-corrected chi connectivity index (χ0v) is 14.9. The van der Waals surface area contributed by atoms with Gasteiger partial charge >= 0.3 is 0 Å². The van der Waals surface area contributed by atoms with E-state index < -0.39 is 0 Å². The van der Waals surface area contributed by atoms with E-state index in [9.17, 15) is 4.79 Å². The summed E-state index contributed by atoms with van der Waals surface area (Å²) in [6, 6.07) is 8.11. The lowest BCUT2D eigenvalue weighted by Gasteiger charge is -2.39. The molecule has 4 rings (SSSR count). The van der Waals surface area contributed by atoms with Crippen molar-refractivity contribution in [2.75, 3.05) is 32.9 Å². The van der Waals surface area contributed by atoms with E-state index in [2.05, 4.69) is 13.0 Å². The van der Waals surface area contributed by atoms with Crippen LogP contribution in [0.25, 0.3) is 10.9 Å². The monoisotopic (exact) mass is 340 g/mol. The first kappa shape index (κ1) is 16.5. The number of carbonyl (C=O) groups is 1. The molecule has 2 aliphatic heterocycles. The lowest BCUT2D eigenvalue weighted by atomic mass is 9.97. The molecule has 0 aliphatic carbocycles. The molecule has 0 N–H and O–H groups in total. The topological polar surface area (TPSA) is 51.7 Å². The Morgan fingerprint density at radius 1 is 1.28 bits per heavy atom. The van der Waals surface area contributed by atoms with Crippen molar-refractivity contribution in [2.24, 2.45) is 0 Å². The Balaban J connectivity index is 1.57. The van der Waals surface area contributed by atoms with E-state index >= 15 is 0 Å². The number of amides is 1. The number of rotatable bonds is 2. The second-order valence-electron chi connectivity index (χ2n) is 7.14. The van der Waals surface area contributed by atoms with Gasteiger partial charge in [-0.2, -0.15) is 0 Å². The molecule has 2 aromatic rings. The van der Waals surface area contributed by atoms with Crippen molar-refractivity contribution >= 4 is 16.8 Å². The number of aromatic nitrogens is 1. The van der Waals surface area contributed by atoms with Crippen LogP contribution in [0.15, 0.2) is 24.3 Å². The number of nitrogens with zero attached hydrogens (tertiary/aromatic N) is 2. The summed E-state index contributed by atoms with van der Waals surface area (Å²) in [4.78, 5) is 19.6. The minimum Gasteiger partial charge on any atom is -0.378 e. The van der Waals surface area contributed by atoms with Gasteiger partial charge in [0.2, 0.25) is 5.91 Å². The van der Waals surface area contributed by atoms with Crippen LogP contribution in [0.4, 0.5) is 0 Å². The Hall–Kier alpha value is -1.98. The van der Waals surface area contributed by atoms with Gasteiger partial charge in [-0.05, 0) is 31.0 Å². The molecule has 1 atom stereocenters. The fourth-order valence-electron chi connectivity index (χ4n) is 3.98. The molecule has 2 saturated heterocycles. The van der Waals surface area contributed by atoms with Gasteiger partial charge in [0.25, 0.3) is 0 Å². The number of hydrogen-bond acceptors (Lipinski definition) is 4. The van der Waals surface area contributed by atoms with Crippen LogP contribution < -0.4 is 0 Å². The summed E-state index contributed by atoms with van der Waals surface area (Å²) in [5, 5.41) is 1.12. The summed E-state index contributed by atoms with van der Waals surface area (Å²) in [5.41, 5.74) is 3.84. The second kappa shape index (κ2) is 6.39. The highest BCUT2D eigenvalue weighted by Gasteiger charge is 2.41. The molecular formula is C20H24N2O3. The van der Waals surface area contributed by atoms with E-state index in [0.717, 1.165) is 40.8 Å². The maximum Gasteiger partial charge on any atom is 0.227 e. The molecule has 132 valence electrons. The van der Waals surface area contributed by atoms with E-state index in [4.69, 9.17) is 14.5 Å². The molecule has 5 nitrogen and oxygen atoms in total. The van der Waals surface area contributed by atoms with Crippen molar-refractivity contribution in [1.82, 2.24) is 9.88 Å². The van der Waals surface area contributed by atoms with E-state index in [0.29, 0.717) is 32.7 Å². The van der Waals surface area contributed by atoms with Gasteiger partial charge in [0.1, 0.15) is 5.60 Å². The zero-order valence-electron chi connectivity index (χ0n) is 14.9. The molecule has 0 radical (unpaired) electrons. The van der Waals surface area contributed by atoms with Crippen molar-refractivity contribution in [3.8, 4) is 0 Å². The van der Waals surface area contributed by atoms with Crippen molar-refractivity contribution < 1.29 is 14.3 Å². The predicted octanol–water partition coefficient (Wildman–Crippen LogP) is 2.41. The maximum absolute atomic E-state index is 12.9. The summed E-state index contributed by atoms with van der Waals surface area (Å²) >= 11 is 0. The van der Waals surface area contributed by atoms with E-state index in [1.54, 1.807) is 0 Å². The molecule has 1 spiro atoms. The molecule has 1 aromatic heterocycles. The van der Waals surface area contributed by atoms with Crippen molar-refractivity contribution in [2.45, 2.75) is 32.3 Å². The Morgan fingerprint density at radius 3 is 2.92 bits per heavy atom. The third-order valence-electron chi connectivity index (χ3n) is 5.48. The highest BCUT2D eigenvalue weighted by Crippen LogP contribution is 2.28. The first-order valence-corrected chi connectivity index (χ1v) is 8.92. The lowest BCUT2D eigenvalue weighted by Crippen LogP contribution is -2.54. The van der Waals surface area contributed by atoms with Crippen LogP contribution in [0.2, 0.25) is 0 Å².